The summed E-state index contributed by atoms with van der Waals surface area (Å²) in [6.45, 7) is 7.81. The van der Waals surface area contributed by atoms with Crippen LogP contribution in [0.4, 0.5) is 8.78 Å². The molecule has 100 valence electrons. The third kappa shape index (κ3) is 11.8. The minimum absolute atomic E-state index is 0.469. The number of halogens is 2. The molecule has 17 heavy (non-hydrogen) atoms. The molecule has 0 nitrogen and oxygen atoms in total. The molecule has 0 aliphatic heterocycles. The minimum Gasteiger partial charge on any atom is -0.207 e. The Morgan fingerprint density at radius 3 is 2.00 bits per heavy atom. The van der Waals surface area contributed by atoms with Gasteiger partial charge in [0, 0.05) is 6.07 Å². The zero-order valence-electron chi connectivity index (χ0n) is 11.4. The first kappa shape index (κ1) is 18.9. The Balaban J connectivity index is 0. The van der Waals surface area contributed by atoms with E-state index in [9.17, 15) is 8.78 Å². The Hall–Kier alpha value is -0.490. The van der Waals surface area contributed by atoms with Crippen LogP contribution in [0.1, 0.15) is 45.6 Å². The average molecular weight is 262 g/mol. The molecule has 0 amide bonds. The number of hydrogen-bond acceptors (Lipinski definition) is 0. The molecule has 1 rings (SSSR count). The first-order chi connectivity index (χ1) is 8.11. The molecule has 0 aromatic heterocycles. The van der Waals surface area contributed by atoms with Crippen molar-refractivity contribution in [3.63, 3.8) is 0 Å². The molecule has 0 aliphatic rings. The Morgan fingerprint density at radius 2 is 1.71 bits per heavy atom. The third-order valence-electron chi connectivity index (χ3n) is 1.94. The molecule has 0 saturated heterocycles. The van der Waals surface area contributed by atoms with E-state index >= 15 is 0 Å². The van der Waals surface area contributed by atoms with Gasteiger partial charge in [-0.1, -0.05) is 39.7 Å². The van der Waals surface area contributed by atoms with E-state index in [1.54, 1.807) is 6.92 Å². The zero-order chi connectivity index (χ0) is 13.7. The van der Waals surface area contributed by atoms with Crippen LogP contribution in [0.25, 0.3) is 0 Å². The Kier molecular flexibility index (Phi) is 15.1. The second-order valence-electron chi connectivity index (χ2n) is 3.39. The Morgan fingerprint density at radius 1 is 1.12 bits per heavy atom. The second kappa shape index (κ2) is 13.6. The maximum absolute atomic E-state index is 12.3. The average Bonchev–Trinajstić information content (AvgIpc) is 2.35. The lowest BCUT2D eigenvalue weighted by atomic mass is 10.2. The quantitative estimate of drug-likeness (QED) is 0.508. The first-order valence-electron chi connectivity index (χ1n) is 6.23. The van der Waals surface area contributed by atoms with Gasteiger partial charge in [0.1, 0.15) is 11.6 Å². The molecule has 0 aliphatic carbocycles. The maximum Gasteiger partial charge on any atom is 0.129 e. The topological polar surface area (TPSA) is 0 Å². The molecule has 0 heterocycles. The van der Waals surface area contributed by atoms with Crippen molar-refractivity contribution in [1.29, 1.82) is 0 Å². The van der Waals surface area contributed by atoms with Crippen LogP contribution in [-0.2, 0) is 0 Å². The summed E-state index contributed by atoms with van der Waals surface area (Å²) >= 11 is 0. The number of benzene rings is 1. The normalized spacial score (nSPS) is 8.65. The van der Waals surface area contributed by atoms with E-state index in [4.69, 9.17) is 0 Å². The largest absolute Gasteiger partial charge is 0.207 e. The second-order valence-corrected chi connectivity index (χ2v) is 3.97. The Labute approximate surface area is 107 Å². The number of unbranched alkanes of at least 4 members (excludes halogenated alkanes) is 2. The van der Waals surface area contributed by atoms with Gasteiger partial charge in [-0.3, -0.25) is 0 Å². The summed E-state index contributed by atoms with van der Waals surface area (Å²) in [7, 11) is 2.73. The predicted molar refractivity (Wildman–Crippen MR) is 76.5 cm³/mol. The maximum atomic E-state index is 12.3. The fourth-order valence-electron chi connectivity index (χ4n) is 0.962. The number of aryl methyl sites for hydroxylation is 1. The summed E-state index contributed by atoms with van der Waals surface area (Å²) < 4.78 is 24.4. The van der Waals surface area contributed by atoms with Crippen LogP contribution < -0.4 is 0 Å². The van der Waals surface area contributed by atoms with Crippen molar-refractivity contribution in [2.75, 3.05) is 6.16 Å². The first-order valence-corrected chi connectivity index (χ1v) is 7.05. The van der Waals surface area contributed by atoms with Crippen LogP contribution in [0.2, 0.25) is 0 Å². The van der Waals surface area contributed by atoms with Crippen molar-refractivity contribution in [2.24, 2.45) is 0 Å². The molecule has 0 saturated carbocycles. The van der Waals surface area contributed by atoms with E-state index in [1.807, 2.05) is 13.8 Å². The van der Waals surface area contributed by atoms with Crippen molar-refractivity contribution in [2.45, 2.75) is 47.0 Å². The number of rotatable bonds is 3. The van der Waals surface area contributed by atoms with Crippen LogP contribution in [0.5, 0.6) is 0 Å². The zero-order valence-corrected chi connectivity index (χ0v) is 12.5. The van der Waals surface area contributed by atoms with Crippen molar-refractivity contribution in [3.05, 3.63) is 35.4 Å². The fourth-order valence-corrected chi connectivity index (χ4v) is 1.25. The Bertz CT molecular complexity index is 271. The lowest BCUT2D eigenvalue weighted by molar-refractivity contribution is 0.577. The molecule has 1 aromatic carbocycles. The van der Waals surface area contributed by atoms with E-state index in [-0.39, 0.29) is 0 Å². The van der Waals surface area contributed by atoms with Crippen LogP contribution in [0.15, 0.2) is 18.2 Å². The molecule has 1 aromatic rings. The predicted octanol–water partition coefficient (Wildman–Crippen LogP) is 5.35. The van der Waals surface area contributed by atoms with Gasteiger partial charge >= 0.3 is 0 Å². The van der Waals surface area contributed by atoms with Gasteiger partial charge < -0.3 is 0 Å². The summed E-state index contributed by atoms with van der Waals surface area (Å²) in [5.74, 6) is -1.02. The van der Waals surface area contributed by atoms with Gasteiger partial charge in [-0.05, 0) is 31.1 Å². The highest BCUT2D eigenvalue weighted by Gasteiger charge is 1.95. The van der Waals surface area contributed by atoms with Gasteiger partial charge in [0.2, 0.25) is 0 Å². The van der Waals surface area contributed by atoms with E-state index in [1.165, 1.54) is 37.6 Å². The summed E-state index contributed by atoms with van der Waals surface area (Å²) in [6.07, 6.45) is 5.38. The molecule has 0 N–H and O–H groups in total. The van der Waals surface area contributed by atoms with Gasteiger partial charge in [0.25, 0.3) is 0 Å². The molecule has 0 fully saturated rings. The van der Waals surface area contributed by atoms with Crippen LogP contribution in [0.3, 0.4) is 0 Å². The molecule has 3 heteroatoms. The third-order valence-corrected chi connectivity index (χ3v) is 2.35. The van der Waals surface area contributed by atoms with Gasteiger partial charge in [0.05, 0.1) is 0 Å². The van der Waals surface area contributed by atoms with Gasteiger partial charge in [-0.15, -0.1) is 9.24 Å². The summed E-state index contributed by atoms with van der Waals surface area (Å²) in [4.78, 5) is 0. The molecule has 0 spiro atoms. The molecule has 1 atom stereocenters. The van der Waals surface area contributed by atoms with Gasteiger partial charge in [0.15, 0.2) is 0 Å². The monoisotopic (exact) mass is 262 g/mol. The molecule has 1 unspecified atom stereocenters. The van der Waals surface area contributed by atoms with E-state index in [0.29, 0.717) is 5.56 Å². The molecular weight excluding hydrogens is 237 g/mol. The minimum atomic E-state index is -0.530. The molecular formula is C14H25F2P. The lowest BCUT2D eigenvalue weighted by Gasteiger charge is -1.92. The van der Waals surface area contributed by atoms with Crippen LogP contribution in [0, 0.1) is 18.6 Å². The smallest absolute Gasteiger partial charge is 0.129 e. The van der Waals surface area contributed by atoms with Gasteiger partial charge in [-0.2, -0.15) is 0 Å². The standard InChI is InChI=1S/C7H6F2.C5H13P.C2H6/c1-5-2-3-6(8)4-7(5)9;1-2-3-4-5-6;1-2/h2-4H,1H3;2-6H2,1H3;1-2H3. The fraction of sp³-hybridized carbons (Fsp3) is 0.571. The van der Waals surface area contributed by atoms with Crippen LogP contribution >= 0.6 is 9.24 Å². The summed E-state index contributed by atoms with van der Waals surface area (Å²) in [6, 6.07) is 3.51. The number of hydrogen-bond donors (Lipinski definition) is 0. The SMILES string of the molecule is CC.CCCCCP.Cc1ccc(F)cc1F. The van der Waals surface area contributed by atoms with Crippen molar-refractivity contribution in [3.8, 4) is 0 Å². The molecule has 0 bridgehead atoms. The highest BCUT2D eigenvalue weighted by atomic mass is 31.0. The highest BCUT2D eigenvalue weighted by Crippen LogP contribution is 2.06. The van der Waals surface area contributed by atoms with Crippen molar-refractivity contribution < 1.29 is 8.78 Å². The van der Waals surface area contributed by atoms with E-state index < -0.39 is 11.6 Å². The van der Waals surface area contributed by atoms with Crippen LogP contribution in [-0.4, -0.2) is 6.16 Å². The van der Waals surface area contributed by atoms with Crippen molar-refractivity contribution in [1.82, 2.24) is 0 Å². The van der Waals surface area contributed by atoms with E-state index in [0.717, 1.165) is 6.07 Å². The summed E-state index contributed by atoms with van der Waals surface area (Å²) in [5, 5.41) is 0. The van der Waals surface area contributed by atoms with E-state index in [2.05, 4.69) is 16.2 Å². The van der Waals surface area contributed by atoms with Crippen molar-refractivity contribution >= 4 is 9.24 Å². The lowest BCUT2D eigenvalue weighted by Crippen LogP contribution is -1.81. The molecule has 0 radical (unpaired) electrons. The summed E-state index contributed by atoms with van der Waals surface area (Å²) in [5.41, 5.74) is 0.469. The van der Waals surface area contributed by atoms with Gasteiger partial charge in [-0.25, -0.2) is 8.78 Å². The highest BCUT2D eigenvalue weighted by molar-refractivity contribution is 7.16.